The highest BCUT2D eigenvalue weighted by molar-refractivity contribution is 5.69. The molecular formula is C12H14O2. The Labute approximate surface area is 83.9 Å². The van der Waals surface area contributed by atoms with Gasteiger partial charge in [0, 0.05) is 6.92 Å². The molecule has 0 bridgehead atoms. The molecule has 2 heteroatoms. The second kappa shape index (κ2) is 3.45. The smallest absolute Gasteiger partial charge is 0.308 e. The molecule has 1 aliphatic rings. The van der Waals surface area contributed by atoms with E-state index in [9.17, 15) is 4.79 Å². The van der Waals surface area contributed by atoms with E-state index in [1.807, 2.05) is 19.1 Å². The normalized spacial score (nSPS) is 15.3. The molecule has 0 unspecified atom stereocenters. The van der Waals surface area contributed by atoms with Gasteiger partial charge in [0.2, 0.25) is 0 Å². The number of carbonyl (C=O) groups excluding carboxylic acids is 1. The molecule has 0 heterocycles. The molecule has 0 amide bonds. The van der Waals surface area contributed by atoms with Gasteiger partial charge in [0.05, 0.1) is 0 Å². The summed E-state index contributed by atoms with van der Waals surface area (Å²) in [7, 11) is 0. The van der Waals surface area contributed by atoms with E-state index in [0.717, 1.165) is 5.56 Å². The molecule has 1 fully saturated rings. The van der Waals surface area contributed by atoms with Crippen molar-refractivity contribution in [3.05, 3.63) is 29.3 Å². The zero-order chi connectivity index (χ0) is 10.1. The second-order valence-electron chi connectivity index (χ2n) is 3.95. The molecule has 2 nitrogen and oxygen atoms in total. The Kier molecular flexibility index (Phi) is 2.28. The van der Waals surface area contributed by atoms with Gasteiger partial charge in [-0.15, -0.1) is 0 Å². The second-order valence-corrected chi connectivity index (χ2v) is 3.95. The average Bonchev–Trinajstić information content (AvgIpc) is 2.82. The summed E-state index contributed by atoms with van der Waals surface area (Å²) in [6, 6.07) is 6.05. The Morgan fingerprint density at radius 2 is 2.07 bits per heavy atom. The first-order valence-electron chi connectivity index (χ1n) is 4.95. The highest BCUT2D eigenvalue weighted by Crippen LogP contribution is 2.41. The zero-order valence-electron chi connectivity index (χ0n) is 8.54. The lowest BCUT2D eigenvalue weighted by Crippen LogP contribution is -2.01. The van der Waals surface area contributed by atoms with Crippen molar-refractivity contribution in [1.29, 1.82) is 0 Å². The molecular weight excluding hydrogens is 176 g/mol. The summed E-state index contributed by atoms with van der Waals surface area (Å²) in [4.78, 5) is 10.8. The number of aryl methyl sites for hydroxylation is 1. The molecule has 14 heavy (non-hydrogen) atoms. The van der Waals surface area contributed by atoms with E-state index < -0.39 is 0 Å². The molecule has 1 saturated carbocycles. The number of esters is 1. The maximum absolute atomic E-state index is 10.8. The lowest BCUT2D eigenvalue weighted by atomic mass is 10.1. The van der Waals surface area contributed by atoms with Crippen molar-refractivity contribution in [3.8, 4) is 5.75 Å². The lowest BCUT2D eigenvalue weighted by Gasteiger charge is -2.05. The van der Waals surface area contributed by atoms with Crippen molar-refractivity contribution in [3.63, 3.8) is 0 Å². The topological polar surface area (TPSA) is 26.3 Å². The van der Waals surface area contributed by atoms with Crippen LogP contribution in [0.25, 0.3) is 0 Å². The fraction of sp³-hybridized carbons (Fsp3) is 0.417. The van der Waals surface area contributed by atoms with Crippen LogP contribution in [-0.2, 0) is 4.79 Å². The minimum absolute atomic E-state index is 0.252. The van der Waals surface area contributed by atoms with E-state index in [2.05, 4.69) is 6.07 Å². The Balaban J connectivity index is 2.26. The molecule has 0 atom stereocenters. The Morgan fingerprint density at radius 3 is 2.64 bits per heavy atom. The molecule has 1 aromatic carbocycles. The summed E-state index contributed by atoms with van der Waals surface area (Å²) < 4.78 is 5.07. The van der Waals surface area contributed by atoms with Crippen LogP contribution in [0.3, 0.4) is 0 Å². The highest BCUT2D eigenvalue weighted by atomic mass is 16.5. The summed E-state index contributed by atoms with van der Waals surface area (Å²) >= 11 is 0. The SMILES string of the molecule is CC(=O)Oc1cc(C)cc(C2CC2)c1. The monoisotopic (exact) mass is 190 g/mol. The fourth-order valence-electron chi connectivity index (χ4n) is 1.65. The summed E-state index contributed by atoms with van der Waals surface area (Å²) in [5.41, 5.74) is 2.46. The van der Waals surface area contributed by atoms with Gasteiger partial charge in [-0.3, -0.25) is 4.79 Å². The number of hydrogen-bond donors (Lipinski definition) is 0. The Bertz CT molecular complexity index is 365. The third-order valence-electron chi connectivity index (χ3n) is 2.38. The quantitative estimate of drug-likeness (QED) is 0.529. The van der Waals surface area contributed by atoms with Crippen molar-refractivity contribution in [2.24, 2.45) is 0 Å². The minimum atomic E-state index is -0.252. The van der Waals surface area contributed by atoms with Crippen LogP contribution in [-0.4, -0.2) is 5.97 Å². The van der Waals surface area contributed by atoms with Gasteiger partial charge < -0.3 is 4.74 Å². The first-order chi connectivity index (χ1) is 6.65. The summed E-state index contributed by atoms with van der Waals surface area (Å²) in [6.07, 6.45) is 2.53. The minimum Gasteiger partial charge on any atom is -0.427 e. The van der Waals surface area contributed by atoms with E-state index in [1.54, 1.807) is 0 Å². The average molecular weight is 190 g/mol. The third kappa shape index (κ3) is 2.13. The summed E-state index contributed by atoms with van der Waals surface area (Å²) in [6.45, 7) is 3.46. The fourth-order valence-corrected chi connectivity index (χ4v) is 1.65. The standard InChI is InChI=1S/C12H14O2/c1-8-5-11(10-3-4-10)7-12(6-8)14-9(2)13/h5-7,10H,3-4H2,1-2H3. The van der Waals surface area contributed by atoms with Gasteiger partial charge in [0.1, 0.15) is 5.75 Å². The van der Waals surface area contributed by atoms with Crippen LogP contribution in [0.4, 0.5) is 0 Å². The predicted molar refractivity (Wildman–Crippen MR) is 54.5 cm³/mol. The molecule has 1 aromatic rings. The van der Waals surface area contributed by atoms with Crippen LogP contribution in [0.1, 0.15) is 36.8 Å². The zero-order valence-corrected chi connectivity index (χ0v) is 8.54. The van der Waals surface area contributed by atoms with Crippen molar-refractivity contribution in [2.75, 3.05) is 0 Å². The van der Waals surface area contributed by atoms with Crippen LogP contribution in [0.2, 0.25) is 0 Å². The van der Waals surface area contributed by atoms with Gasteiger partial charge in [-0.25, -0.2) is 0 Å². The first-order valence-corrected chi connectivity index (χ1v) is 4.95. The lowest BCUT2D eigenvalue weighted by molar-refractivity contribution is -0.131. The van der Waals surface area contributed by atoms with E-state index in [-0.39, 0.29) is 5.97 Å². The first kappa shape index (κ1) is 9.25. The third-order valence-corrected chi connectivity index (χ3v) is 2.38. The Hall–Kier alpha value is -1.31. The number of rotatable bonds is 2. The number of benzene rings is 1. The number of ether oxygens (including phenoxy) is 1. The van der Waals surface area contributed by atoms with Crippen LogP contribution in [0.15, 0.2) is 18.2 Å². The molecule has 74 valence electrons. The van der Waals surface area contributed by atoms with Gasteiger partial charge in [0.25, 0.3) is 0 Å². The maximum atomic E-state index is 10.8. The van der Waals surface area contributed by atoms with Gasteiger partial charge in [-0.1, -0.05) is 6.07 Å². The molecule has 1 aliphatic carbocycles. The maximum Gasteiger partial charge on any atom is 0.308 e. The van der Waals surface area contributed by atoms with E-state index >= 15 is 0 Å². The molecule has 0 aromatic heterocycles. The molecule has 0 N–H and O–H groups in total. The van der Waals surface area contributed by atoms with Gasteiger partial charge in [0.15, 0.2) is 0 Å². The Morgan fingerprint density at radius 1 is 1.36 bits per heavy atom. The predicted octanol–water partition coefficient (Wildman–Crippen LogP) is 2.80. The molecule has 0 spiro atoms. The van der Waals surface area contributed by atoms with Crippen LogP contribution >= 0.6 is 0 Å². The van der Waals surface area contributed by atoms with Gasteiger partial charge in [-0.05, 0) is 48.9 Å². The molecule has 0 aliphatic heterocycles. The highest BCUT2D eigenvalue weighted by Gasteiger charge is 2.24. The van der Waals surface area contributed by atoms with Crippen LogP contribution < -0.4 is 4.74 Å². The van der Waals surface area contributed by atoms with Gasteiger partial charge >= 0.3 is 5.97 Å². The van der Waals surface area contributed by atoms with Crippen LogP contribution in [0, 0.1) is 6.92 Å². The number of hydrogen-bond acceptors (Lipinski definition) is 2. The van der Waals surface area contributed by atoms with E-state index in [1.165, 1.54) is 25.3 Å². The molecule has 0 radical (unpaired) electrons. The van der Waals surface area contributed by atoms with E-state index in [4.69, 9.17) is 4.74 Å². The van der Waals surface area contributed by atoms with Crippen LogP contribution in [0.5, 0.6) is 5.75 Å². The largest absolute Gasteiger partial charge is 0.427 e. The molecule has 0 saturated heterocycles. The molecule has 2 rings (SSSR count). The number of carbonyl (C=O) groups is 1. The van der Waals surface area contributed by atoms with Crippen molar-refractivity contribution < 1.29 is 9.53 Å². The van der Waals surface area contributed by atoms with Crippen molar-refractivity contribution >= 4 is 5.97 Å². The van der Waals surface area contributed by atoms with Gasteiger partial charge in [-0.2, -0.15) is 0 Å². The summed E-state index contributed by atoms with van der Waals surface area (Å²) in [5, 5.41) is 0. The van der Waals surface area contributed by atoms with Crippen molar-refractivity contribution in [1.82, 2.24) is 0 Å². The van der Waals surface area contributed by atoms with E-state index in [0.29, 0.717) is 11.7 Å². The van der Waals surface area contributed by atoms with Crippen molar-refractivity contribution in [2.45, 2.75) is 32.6 Å². The summed E-state index contributed by atoms with van der Waals surface area (Å²) in [5.74, 6) is 1.13.